The summed E-state index contributed by atoms with van der Waals surface area (Å²) < 4.78 is 43.0. The van der Waals surface area contributed by atoms with Gasteiger partial charge in [0, 0.05) is 6.07 Å². The summed E-state index contributed by atoms with van der Waals surface area (Å²) in [5, 5.41) is 9.64. The van der Waals surface area contributed by atoms with Crippen molar-refractivity contribution in [2.45, 2.75) is 26.4 Å². The first-order valence-electron chi connectivity index (χ1n) is 9.47. The highest BCUT2D eigenvalue weighted by Crippen LogP contribution is 2.40. The zero-order chi connectivity index (χ0) is 22.5. The molecular formula is C23H20F2N2O4. The second kappa shape index (κ2) is 9.30. The van der Waals surface area contributed by atoms with Crippen LogP contribution in [0.1, 0.15) is 30.9 Å². The van der Waals surface area contributed by atoms with Gasteiger partial charge in [0.25, 0.3) is 0 Å². The Morgan fingerprint density at radius 1 is 1.23 bits per heavy atom. The topological polar surface area (TPSA) is 94.6 Å². The van der Waals surface area contributed by atoms with E-state index in [-0.39, 0.29) is 36.0 Å². The Morgan fingerprint density at radius 3 is 2.58 bits per heavy atom. The first-order chi connectivity index (χ1) is 14.8. The van der Waals surface area contributed by atoms with Crippen molar-refractivity contribution in [3.8, 4) is 11.8 Å². The number of rotatable bonds is 6. The number of ether oxygens (including phenoxy) is 3. The Balaban J connectivity index is 1.94. The van der Waals surface area contributed by atoms with Crippen molar-refractivity contribution in [1.29, 1.82) is 5.26 Å². The molecule has 1 aliphatic heterocycles. The molecule has 2 N–H and O–H groups in total. The molecule has 0 bridgehead atoms. The van der Waals surface area contributed by atoms with Crippen LogP contribution in [0.4, 0.5) is 8.78 Å². The molecule has 6 nitrogen and oxygen atoms in total. The number of nitriles is 1. The van der Waals surface area contributed by atoms with Crippen molar-refractivity contribution in [2.75, 3.05) is 6.61 Å². The summed E-state index contributed by atoms with van der Waals surface area (Å²) in [5.74, 6) is -2.31. The number of benzene rings is 2. The van der Waals surface area contributed by atoms with Gasteiger partial charge in [-0.2, -0.15) is 5.26 Å². The highest BCUT2D eigenvalue weighted by atomic mass is 19.1. The third-order valence-electron chi connectivity index (χ3n) is 4.62. The zero-order valence-corrected chi connectivity index (χ0v) is 16.9. The fraction of sp³-hybridized carbons (Fsp3) is 0.217. The van der Waals surface area contributed by atoms with Gasteiger partial charge in [-0.05, 0) is 49.2 Å². The predicted molar refractivity (Wildman–Crippen MR) is 107 cm³/mol. The molecule has 2 aromatic rings. The Morgan fingerprint density at radius 2 is 1.94 bits per heavy atom. The zero-order valence-electron chi connectivity index (χ0n) is 16.9. The minimum absolute atomic E-state index is 0.0676. The fourth-order valence-electron chi connectivity index (χ4n) is 3.33. The van der Waals surface area contributed by atoms with E-state index in [1.807, 2.05) is 6.07 Å². The number of halogens is 2. The van der Waals surface area contributed by atoms with E-state index in [1.54, 1.807) is 38.1 Å². The van der Waals surface area contributed by atoms with Crippen molar-refractivity contribution in [3.63, 3.8) is 0 Å². The summed E-state index contributed by atoms with van der Waals surface area (Å²) in [6.45, 7) is 3.32. The van der Waals surface area contributed by atoms with E-state index in [4.69, 9.17) is 19.9 Å². The molecule has 1 aliphatic rings. The summed E-state index contributed by atoms with van der Waals surface area (Å²) >= 11 is 0. The summed E-state index contributed by atoms with van der Waals surface area (Å²) in [6, 6.07) is 11.8. The van der Waals surface area contributed by atoms with Gasteiger partial charge in [0.1, 0.15) is 41.4 Å². The molecule has 3 rings (SSSR count). The van der Waals surface area contributed by atoms with Crippen molar-refractivity contribution >= 4 is 5.97 Å². The predicted octanol–water partition coefficient (Wildman–Crippen LogP) is 4.19. The maximum Gasteiger partial charge on any atom is 0.338 e. The van der Waals surface area contributed by atoms with Gasteiger partial charge in [0.05, 0.1) is 18.1 Å². The van der Waals surface area contributed by atoms with Crippen molar-refractivity contribution in [2.24, 2.45) is 5.73 Å². The van der Waals surface area contributed by atoms with Gasteiger partial charge >= 0.3 is 5.97 Å². The van der Waals surface area contributed by atoms with Crippen LogP contribution >= 0.6 is 0 Å². The molecule has 0 saturated heterocycles. The number of carbonyl (C=O) groups excluding carboxylic acids is 1. The van der Waals surface area contributed by atoms with Gasteiger partial charge in [0.2, 0.25) is 5.88 Å². The van der Waals surface area contributed by atoms with Crippen molar-refractivity contribution in [1.82, 2.24) is 0 Å². The lowest BCUT2D eigenvalue weighted by atomic mass is 9.83. The third-order valence-corrected chi connectivity index (χ3v) is 4.62. The van der Waals surface area contributed by atoms with E-state index >= 15 is 0 Å². The third kappa shape index (κ3) is 4.83. The number of allylic oxidation sites excluding steroid dienone is 2. The largest absolute Gasteiger partial charge is 0.489 e. The molecule has 2 aromatic carbocycles. The highest BCUT2D eigenvalue weighted by Gasteiger charge is 2.36. The van der Waals surface area contributed by atoms with Gasteiger partial charge in [-0.1, -0.05) is 12.1 Å². The van der Waals surface area contributed by atoms with Crippen LogP contribution in [-0.4, -0.2) is 12.6 Å². The van der Waals surface area contributed by atoms with Crippen LogP contribution in [0.2, 0.25) is 0 Å². The van der Waals surface area contributed by atoms with Gasteiger partial charge in [-0.25, -0.2) is 13.6 Å². The molecule has 1 atom stereocenters. The minimum atomic E-state index is -0.812. The number of nitrogens with two attached hydrogens (primary N) is 1. The first-order valence-corrected chi connectivity index (χ1v) is 9.47. The van der Waals surface area contributed by atoms with E-state index in [0.29, 0.717) is 16.9 Å². The molecule has 1 unspecified atom stereocenters. The van der Waals surface area contributed by atoms with Gasteiger partial charge < -0.3 is 19.9 Å². The lowest BCUT2D eigenvalue weighted by molar-refractivity contribution is -0.139. The molecule has 0 amide bonds. The minimum Gasteiger partial charge on any atom is -0.489 e. The molecule has 31 heavy (non-hydrogen) atoms. The van der Waals surface area contributed by atoms with Gasteiger partial charge in [-0.15, -0.1) is 0 Å². The molecule has 0 radical (unpaired) electrons. The molecule has 8 heteroatoms. The molecule has 1 heterocycles. The Kier molecular flexibility index (Phi) is 6.55. The Hall–Kier alpha value is -3.86. The van der Waals surface area contributed by atoms with Crippen LogP contribution in [0.3, 0.4) is 0 Å². The second-order valence-electron chi connectivity index (χ2n) is 6.75. The Labute approximate surface area is 178 Å². The van der Waals surface area contributed by atoms with E-state index in [2.05, 4.69) is 0 Å². The molecule has 0 spiro atoms. The first kappa shape index (κ1) is 21.8. The van der Waals surface area contributed by atoms with Crippen LogP contribution in [0.15, 0.2) is 65.3 Å². The quantitative estimate of drug-likeness (QED) is 0.696. The molecule has 0 aliphatic carbocycles. The lowest BCUT2D eigenvalue weighted by Gasteiger charge is -2.27. The summed E-state index contributed by atoms with van der Waals surface area (Å²) in [4.78, 5) is 12.6. The molecule has 0 fully saturated rings. The van der Waals surface area contributed by atoms with E-state index in [1.165, 1.54) is 12.1 Å². The van der Waals surface area contributed by atoms with E-state index < -0.39 is 23.5 Å². The van der Waals surface area contributed by atoms with Crippen LogP contribution in [0, 0.1) is 23.0 Å². The van der Waals surface area contributed by atoms with Crippen molar-refractivity contribution in [3.05, 3.63) is 88.0 Å². The maximum absolute atomic E-state index is 13.4. The van der Waals surface area contributed by atoms with Gasteiger partial charge in [-0.3, -0.25) is 0 Å². The molecule has 0 aromatic heterocycles. The van der Waals surface area contributed by atoms with Crippen molar-refractivity contribution < 1.29 is 27.8 Å². The average Bonchev–Trinajstić information content (AvgIpc) is 2.71. The monoisotopic (exact) mass is 426 g/mol. The number of nitrogens with zero attached hydrogens (tertiary/aromatic N) is 1. The number of hydrogen-bond acceptors (Lipinski definition) is 6. The smallest absolute Gasteiger partial charge is 0.338 e. The van der Waals surface area contributed by atoms with E-state index in [0.717, 1.165) is 6.07 Å². The fourth-order valence-corrected chi connectivity index (χ4v) is 3.33. The number of carbonyl (C=O) groups is 1. The van der Waals surface area contributed by atoms with Crippen LogP contribution in [0.5, 0.6) is 5.75 Å². The normalized spacial score (nSPS) is 15.9. The summed E-state index contributed by atoms with van der Waals surface area (Å²) in [7, 11) is 0. The summed E-state index contributed by atoms with van der Waals surface area (Å²) in [6.07, 6.45) is 0. The van der Waals surface area contributed by atoms with E-state index in [9.17, 15) is 18.8 Å². The highest BCUT2D eigenvalue weighted by molar-refractivity contribution is 5.92. The maximum atomic E-state index is 13.4. The number of hydrogen-bond donors (Lipinski definition) is 1. The molecule has 0 saturated carbocycles. The lowest BCUT2D eigenvalue weighted by Crippen LogP contribution is -2.25. The van der Waals surface area contributed by atoms with Gasteiger partial charge in [0.15, 0.2) is 0 Å². The summed E-state index contributed by atoms with van der Waals surface area (Å²) in [5.41, 5.74) is 6.99. The van der Waals surface area contributed by atoms with Crippen LogP contribution in [0.25, 0.3) is 0 Å². The molecule has 160 valence electrons. The average molecular weight is 426 g/mol. The standard InChI is InChI=1S/C23H20F2N2O4/c1-3-29-23(28)20-13(2)31-22(27)19(11-26)21(20)15-5-4-6-18(9-15)30-12-14-7-16(24)10-17(25)8-14/h4-10,21H,3,12,27H2,1-2H3. The second-order valence-corrected chi connectivity index (χ2v) is 6.75. The Bertz CT molecular complexity index is 1100. The SMILES string of the molecule is CCOC(=O)C1=C(C)OC(N)=C(C#N)C1c1cccc(OCc2cc(F)cc(F)c2)c1. The van der Waals surface area contributed by atoms with Crippen LogP contribution in [-0.2, 0) is 20.9 Å². The van der Waals surface area contributed by atoms with Crippen LogP contribution < -0.4 is 10.5 Å². The molecular weight excluding hydrogens is 406 g/mol. The number of esters is 1.